The number of anilines is 1. The molecule has 1 aromatic rings. The lowest BCUT2D eigenvalue weighted by atomic mass is 10.3. The van der Waals surface area contributed by atoms with E-state index in [4.69, 9.17) is 23.2 Å². The Morgan fingerprint density at radius 2 is 1.71 bits per heavy atom. The fraction of sp³-hybridized carbons (Fsp3) is 0.533. The molecule has 0 spiro atoms. The summed E-state index contributed by atoms with van der Waals surface area (Å²) in [6, 6.07) is 5.15. The number of nitrogens with one attached hydrogen (secondary N) is 1. The zero-order valence-electron chi connectivity index (χ0n) is 12.8. The van der Waals surface area contributed by atoms with E-state index in [1.807, 2.05) is 11.9 Å². The summed E-state index contributed by atoms with van der Waals surface area (Å²) in [5, 5.41) is 3.66. The average molecular weight is 332 g/mol. The quantitative estimate of drug-likeness (QED) is 0.794. The Bertz CT molecular complexity index is 444. The Morgan fingerprint density at radius 3 is 2.24 bits per heavy atom. The highest BCUT2D eigenvalue weighted by molar-refractivity contribution is 6.39. The van der Waals surface area contributed by atoms with E-state index in [0.29, 0.717) is 22.3 Å². The fourth-order valence-corrected chi connectivity index (χ4v) is 2.46. The Kier molecular flexibility index (Phi) is 8.04. The predicted molar refractivity (Wildman–Crippen MR) is 90.4 cm³/mol. The molecule has 0 unspecified atom stereocenters. The van der Waals surface area contributed by atoms with Crippen molar-refractivity contribution in [2.45, 2.75) is 13.8 Å². The number of carbonyl (C=O) groups excluding carboxylic acids is 1. The van der Waals surface area contributed by atoms with Crippen molar-refractivity contribution < 1.29 is 4.79 Å². The molecule has 0 saturated heterocycles. The van der Waals surface area contributed by atoms with E-state index < -0.39 is 0 Å². The summed E-state index contributed by atoms with van der Waals surface area (Å²) in [5.41, 5.74) is 0.475. The SMILES string of the molecule is CCN(CC)CCN(C)CC(=O)Nc1c(Cl)cccc1Cl. The summed E-state index contributed by atoms with van der Waals surface area (Å²) >= 11 is 12.1. The molecule has 0 aliphatic heterocycles. The van der Waals surface area contributed by atoms with Gasteiger partial charge in [-0.3, -0.25) is 9.69 Å². The van der Waals surface area contributed by atoms with Crippen LogP contribution < -0.4 is 5.32 Å². The molecule has 0 bridgehead atoms. The maximum atomic E-state index is 12.0. The molecule has 0 heterocycles. The topological polar surface area (TPSA) is 35.6 Å². The van der Waals surface area contributed by atoms with E-state index in [2.05, 4.69) is 24.1 Å². The van der Waals surface area contributed by atoms with Crippen LogP contribution in [0.4, 0.5) is 5.69 Å². The van der Waals surface area contributed by atoms with Crippen LogP contribution in [0.1, 0.15) is 13.8 Å². The minimum atomic E-state index is -0.118. The molecule has 0 aromatic heterocycles. The molecule has 0 radical (unpaired) electrons. The Labute approximate surface area is 137 Å². The van der Waals surface area contributed by atoms with Crippen LogP contribution in [0.2, 0.25) is 10.0 Å². The predicted octanol–water partition coefficient (Wildman–Crippen LogP) is 3.21. The van der Waals surface area contributed by atoms with Gasteiger partial charge < -0.3 is 10.2 Å². The zero-order chi connectivity index (χ0) is 15.8. The first-order chi connectivity index (χ1) is 9.97. The summed E-state index contributed by atoms with van der Waals surface area (Å²) in [6.07, 6.45) is 0. The second-order valence-electron chi connectivity index (χ2n) is 4.91. The van der Waals surface area contributed by atoms with Gasteiger partial charge in [0.1, 0.15) is 0 Å². The average Bonchev–Trinajstić information content (AvgIpc) is 2.44. The van der Waals surface area contributed by atoms with Crippen molar-refractivity contribution in [2.24, 2.45) is 0 Å². The minimum absolute atomic E-state index is 0.118. The smallest absolute Gasteiger partial charge is 0.238 e. The number of likely N-dealkylation sites (N-methyl/N-ethyl adjacent to an activating group) is 2. The molecule has 118 valence electrons. The lowest BCUT2D eigenvalue weighted by Crippen LogP contribution is -2.37. The van der Waals surface area contributed by atoms with Gasteiger partial charge >= 0.3 is 0 Å². The van der Waals surface area contributed by atoms with Crippen LogP contribution >= 0.6 is 23.2 Å². The third-order valence-corrected chi connectivity index (χ3v) is 3.96. The molecule has 0 atom stereocenters. The van der Waals surface area contributed by atoms with Gasteiger partial charge in [0, 0.05) is 13.1 Å². The van der Waals surface area contributed by atoms with Gasteiger partial charge in [0.15, 0.2) is 0 Å². The Morgan fingerprint density at radius 1 is 1.14 bits per heavy atom. The van der Waals surface area contributed by atoms with Crippen molar-refractivity contribution in [3.8, 4) is 0 Å². The third kappa shape index (κ3) is 6.22. The number of rotatable bonds is 8. The van der Waals surface area contributed by atoms with Crippen molar-refractivity contribution in [3.05, 3.63) is 28.2 Å². The number of amides is 1. The summed E-state index contributed by atoms with van der Waals surface area (Å²) in [6.45, 7) is 8.40. The van der Waals surface area contributed by atoms with E-state index in [1.165, 1.54) is 0 Å². The number of carbonyl (C=O) groups is 1. The zero-order valence-corrected chi connectivity index (χ0v) is 14.3. The largest absolute Gasteiger partial charge is 0.322 e. The van der Waals surface area contributed by atoms with Crippen LogP contribution in [-0.4, -0.2) is 55.5 Å². The monoisotopic (exact) mass is 331 g/mol. The number of hydrogen-bond donors (Lipinski definition) is 1. The molecule has 0 saturated carbocycles. The normalized spacial score (nSPS) is 11.2. The lowest BCUT2D eigenvalue weighted by molar-refractivity contribution is -0.117. The minimum Gasteiger partial charge on any atom is -0.322 e. The molecule has 1 rings (SSSR count). The van der Waals surface area contributed by atoms with Crippen LogP contribution in [0.25, 0.3) is 0 Å². The van der Waals surface area contributed by atoms with Crippen molar-refractivity contribution in [1.29, 1.82) is 0 Å². The van der Waals surface area contributed by atoms with Crippen LogP contribution in [0.15, 0.2) is 18.2 Å². The number of nitrogens with zero attached hydrogens (tertiary/aromatic N) is 2. The van der Waals surface area contributed by atoms with E-state index in [9.17, 15) is 4.79 Å². The first-order valence-corrected chi connectivity index (χ1v) is 7.88. The van der Waals surface area contributed by atoms with Gasteiger partial charge in [-0.1, -0.05) is 43.1 Å². The highest BCUT2D eigenvalue weighted by atomic mass is 35.5. The van der Waals surface area contributed by atoms with Crippen molar-refractivity contribution >= 4 is 34.8 Å². The standard InChI is InChI=1S/C15H23Cl2N3O/c1-4-20(5-2)10-9-19(3)11-14(21)18-15-12(16)7-6-8-13(15)17/h6-8H,4-5,9-11H2,1-3H3,(H,18,21). The number of para-hydroxylation sites is 1. The molecule has 6 heteroatoms. The highest BCUT2D eigenvalue weighted by Gasteiger charge is 2.12. The van der Waals surface area contributed by atoms with Gasteiger partial charge in [0.05, 0.1) is 22.3 Å². The van der Waals surface area contributed by atoms with E-state index in [1.54, 1.807) is 18.2 Å². The van der Waals surface area contributed by atoms with E-state index in [-0.39, 0.29) is 5.91 Å². The van der Waals surface area contributed by atoms with Crippen LogP contribution in [0.5, 0.6) is 0 Å². The third-order valence-electron chi connectivity index (χ3n) is 3.33. The van der Waals surface area contributed by atoms with Gasteiger partial charge in [-0.05, 0) is 32.3 Å². The van der Waals surface area contributed by atoms with E-state index in [0.717, 1.165) is 26.2 Å². The summed E-state index contributed by atoms with van der Waals surface area (Å²) < 4.78 is 0. The maximum absolute atomic E-state index is 12.0. The molecule has 0 fully saturated rings. The fourth-order valence-electron chi connectivity index (χ4n) is 1.97. The van der Waals surface area contributed by atoms with Gasteiger partial charge in [0.2, 0.25) is 5.91 Å². The number of benzene rings is 1. The van der Waals surface area contributed by atoms with Crippen LogP contribution in [0, 0.1) is 0 Å². The van der Waals surface area contributed by atoms with Crippen LogP contribution in [-0.2, 0) is 4.79 Å². The summed E-state index contributed by atoms with van der Waals surface area (Å²) in [4.78, 5) is 16.3. The molecular formula is C15H23Cl2N3O. The lowest BCUT2D eigenvalue weighted by Gasteiger charge is -2.22. The van der Waals surface area contributed by atoms with Crippen molar-refractivity contribution in [3.63, 3.8) is 0 Å². The molecule has 1 amide bonds. The first-order valence-electron chi connectivity index (χ1n) is 7.12. The highest BCUT2D eigenvalue weighted by Crippen LogP contribution is 2.29. The molecule has 4 nitrogen and oxygen atoms in total. The molecular weight excluding hydrogens is 309 g/mol. The van der Waals surface area contributed by atoms with Crippen LogP contribution in [0.3, 0.4) is 0 Å². The Hall–Kier alpha value is -0.810. The maximum Gasteiger partial charge on any atom is 0.238 e. The molecule has 1 N–H and O–H groups in total. The van der Waals surface area contributed by atoms with Gasteiger partial charge in [0.25, 0.3) is 0 Å². The molecule has 1 aromatic carbocycles. The van der Waals surface area contributed by atoms with Gasteiger partial charge in [-0.25, -0.2) is 0 Å². The second-order valence-corrected chi connectivity index (χ2v) is 5.72. The summed E-state index contributed by atoms with van der Waals surface area (Å²) in [5.74, 6) is -0.118. The first kappa shape index (κ1) is 18.2. The Balaban J connectivity index is 2.46. The van der Waals surface area contributed by atoms with Crippen molar-refractivity contribution in [1.82, 2.24) is 9.80 Å². The number of hydrogen-bond acceptors (Lipinski definition) is 3. The summed E-state index contributed by atoms with van der Waals surface area (Å²) in [7, 11) is 1.93. The molecule has 21 heavy (non-hydrogen) atoms. The molecule has 0 aliphatic rings. The van der Waals surface area contributed by atoms with Gasteiger partial charge in [-0.15, -0.1) is 0 Å². The van der Waals surface area contributed by atoms with E-state index >= 15 is 0 Å². The number of halogens is 2. The molecule has 0 aliphatic carbocycles. The van der Waals surface area contributed by atoms with Crippen molar-refractivity contribution in [2.75, 3.05) is 45.1 Å². The van der Waals surface area contributed by atoms with Gasteiger partial charge in [-0.2, -0.15) is 0 Å². The second kappa shape index (κ2) is 9.26.